The summed E-state index contributed by atoms with van der Waals surface area (Å²) in [6.07, 6.45) is 0. The summed E-state index contributed by atoms with van der Waals surface area (Å²) < 4.78 is 47.4. The van der Waals surface area contributed by atoms with Crippen LogP contribution in [0.1, 0.15) is 15.9 Å². The lowest BCUT2D eigenvalue weighted by Gasteiger charge is -2.12. The van der Waals surface area contributed by atoms with Crippen LogP contribution in [0.5, 0.6) is 11.5 Å². The lowest BCUT2D eigenvalue weighted by molar-refractivity contribution is -0.0512. The van der Waals surface area contributed by atoms with Crippen molar-refractivity contribution in [3.8, 4) is 11.5 Å². The Kier molecular flexibility index (Phi) is 5.10. The van der Waals surface area contributed by atoms with Crippen molar-refractivity contribution in [2.24, 2.45) is 0 Å². The number of hydrogen-bond donors (Lipinski definition) is 1. The van der Waals surface area contributed by atoms with E-state index in [1.54, 1.807) is 13.0 Å². The fourth-order valence-electron chi connectivity index (χ4n) is 1.92. The van der Waals surface area contributed by atoms with Gasteiger partial charge in [-0.05, 0) is 42.8 Å². The number of halogens is 3. The zero-order valence-electron chi connectivity index (χ0n) is 12.4. The first-order valence-corrected chi connectivity index (χ1v) is 6.61. The molecule has 122 valence electrons. The Balaban J connectivity index is 2.22. The first-order chi connectivity index (χ1) is 10.9. The minimum Gasteiger partial charge on any atom is -0.493 e. The van der Waals surface area contributed by atoms with Gasteiger partial charge in [0.25, 0.3) is 5.91 Å². The Morgan fingerprint density at radius 3 is 2.48 bits per heavy atom. The van der Waals surface area contributed by atoms with Gasteiger partial charge in [-0.3, -0.25) is 4.79 Å². The monoisotopic (exact) mass is 325 g/mol. The molecule has 0 fully saturated rings. The van der Waals surface area contributed by atoms with Gasteiger partial charge >= 0.3 is 6.61 Å². The summed E-state index contributed by atoms with van der Waals surface area (Å²) in [7, 11) is 1.26. The quantitative estimate of drug-likeness (QED) is 0.904. The number of carbonyl (C=O) groups excluding carboxylic acids is 1. The van der Waals surface area contributed by atoms with Crippen LogP contribution in [0.3, 0.4) is 0 Å². The zero-order valence-corrected chi connectivity index (χ0v) is 12.4. The molecule has 2 aromatic rings. The van der Waals surface area contributed by atoms with E-state index in [-0.39, 0.29) is 22.7 Å². The number of ether oxygens (including phenoxy) is 2. The summed E-state index contributed by atoms with van der Waals surface area (Å²) in [4.78, 5) is 12.1. The predicted molar refractivity (Wildman–Crippen MR) is 78.7 cm³/mol. The van der Waals surface area contributed by atoms with Crippen LogP contribution in [-0.2, 0) is 0 Å². The van der Waals surface area contributed by atoms with Crippen molar-refractivity contribution in [3.05, 3.63) is 53.3 Å². The normalized spacial score (nSPS) is 10.5. The fourth-order valence-corrected chi connectivity index (χ4v) is 1.92. The van der Waals surface area contributed by atoms with Crippen LogP contribution in [0.25, 0.3) is 0 Å². The van der Waals surface area contributed by atoms with Crippen LogP contribution in [0.2, 0.25) is 0 Å². The van der Waals surface area contributed by atoms with Gasteiger partial charge in [0.05, 0.1) is 12.8 Å². The molecule has 0 radical (unpaired) electrons. The lowest BCUT2D eigenvalue weighted by Crippen LogP contribution is -2.13. The molecule has 4 nitrogen and oxygen atoms in total. The highest BCUT2D eigenvalue weighted by molar-refractivity contribution is 6.04. The maximum atomic E-state index is 13.7. The second-order valence-electron chi connectivity index (χ2n) is 4.68. The van der Waals surface area contributed by atoms with Gasteiger partial charge in [-0.1, -0.05) is 6.07 Å². The Hall–Kier alpha value is -2.70. The average molecular weight is 325 g/mol. The SMILES string of the molecule is COc1cc(C(=O)Nc2ccc(C)cc2F)ccc1OC(F)F. The molecule has 0 aliphatic heterocycles. The zero-order chi connectivity index (χ0) is 17.0. The molecule has 0 saturated carbocycles. The van der Waals surface area contributed by atoms with Crippen molar-refractivity contribution < 1.29 is 27.4 Å². The minimum atomic E-state index is -3.01. The third-order valence-electron chi connectivity index (χ3n) is 3.01. The van der Waals surface area contributed by atoms with E-state index in [4.69, 9.17) is 4.74 Å². The van der Waals surface area contributed by atoms with Gasteiger partial charge in [-0.25, -0.2) is 4.39 Å². The standard InChI is InChI=1S/C16H14F3NO3/c1-9-3-5-12(11(17)7-9)20-15(21)10-4-6-13(23-16(18)19)14(8-10)22-2/h3-8,16H,1-2H3,(H,20,21). The topological polar surface area (TPSA) is 47.6 Å². The Labute approximate surface area is 130 Å². The van der Waals surface area contributed by atoms with Crippen LogP contribution in [0.4, 0.5) is 18.9 Å². The number of hydrogen-bond acceptors (Lipinski definition) is 3. The van der Waals surface area contributed by atoms with Crippen LogP contribution in [0, 0.1) is 12.7 Å². The van der Waals surface area contributed by atoms with E-state index in [9.17, 15) is 18.0 Å². The van der Waals surface area contributed by atoms with Crippen LogP contribution >= 0.6 is 0 Å². The van der Waals surface area contributed by atoms with E-state index < -0.39 is 18.3 Å². The van der Waals surface area contributed by atoms with E-state index in [0.29, 0.717) is 0 Å². The fraction of sp³-hybridized carbons (Fsp3) is 0.188. The van der Waals surface area contributed by atoms with Crippen LogP contribution < -0.4 is 14.8 Å². The summed E-state index contributed by atoms with van der Waals surface area (Å²) in [6.45, 7) is -1.29. The molecule has 1 N–H and O–H groups in total. The molecule has 2 aromatic carbocycles. The molecule has 0 aromatic heterocycles. The molecule has 0 bridgehead atoms. The van der Waals surface area contributed by atoms with Crippen LogP contribution in [0.15, 0.2) is 36.4 Å². The second-order valence-corrected chi connectivity index (χ2v) is 4.68. The summed E-state index contributed by atoms with van der Waals surface area (Å²) >= 11 is 0. The third-order valence-corrected chi connectivity index (χ3v) is 3.01. The lowest BCUT2D eigenvalue weighted by atomic mass is 10.1. The number of anilines is 1. The Bertz CT molecular complexity index is 720. The highest BCUT2D eigenvalue weighted by Gasteiger charge is 2.15. The largest absolute Gasteiger partial charge is 0.493 e. The Morgan fingerprint density at radius 1 is 1.13 bits per heavy atom. The summed E-state index contributed by atoms with van der Waals surface area (Å²) in [6, 6.07) is 8.08. The predicted octanol–water partition coefficient (Wildman–Crippen LogP) is 4.00. The van der Waals surface area contributed by atoms with Gasteiger partial charge in [0.2, 0.25) is 0 Å². The van der Waals surface area contributed by atoms with E-state index in [1.807, 2.05) is 0 Å². The number of benzene rings is 2. The number of aryl methyl sites for hydroxylation is 1. The maximum Gasteiger partial charge on any atom is 0.387 e. The third kappa shape index (κ3) is 4.15. The molecule has 0 unspecified atom stereocenters. The molecule has 1 amide bonds. The molecule has 23 heavy (non-hydrogen) atoms. The first kappa shape index (κ1) is 16.7. The number of carbonyl (C=O) groups is 1. The van der Waals surface area contributed by atoms with E-state index in [1.165, 1.54) is 37.4 Å². The highest BCUT2D eigenvalue weighted by Crippen LogP contribution is 2.29. The maximum absolute atomic E-state index is 13.7. The number of rotatable bonds is 5. The van der Waals surface area contributed by atoms with Crippen molar-refractivity contribution in [3.63, 3.8) is 0 Å². The molecule has 0 saturated heterocycles. The van der Waals surface area contributed by atoms with E-state index >= 15 is 0 Å². The van der Waals surface area contributed by atoms with Crippen molar-refractivity contribution >= 4 is 11.6 Å². The molecular weight excluding hydrogens is 311 g/mol. The first-order valence-electron chi connectivity index (χ1n) is 6.61. The minimum absolute atomic E-state index is 0.0208. The molecule has 7 heteroatoms. The molecule has 0 aliphatic rings. The van der Waals surface area contributed by atoms with E-state index in [2.05, 4.69) is 10.1 Å². The molecule has 0 atom stereocenters. The number of amides is 1. The van der Waals surface area contributed by atoms with Gasteiger partial charge in [-0.2, -0.15) is 8.78 Å². The molecular formula is C16H14F3NO3. The average Bonchev–Trinajstić information content (AvgIpc) is 2.49. The van der Waals surface area contributed by atoms with Gasteiger partial charge in [0.1, 0.15) is 5.82 Å². The van der Waals surface area contributed by atoms with Crippen molar-refractivity contribution in [2.75, 3.05) is 12.4 Å². The van der Waals surface area contributed by atoms with Gasteiger partial charge < -0.3 is 14.8 Å². The molecule has 0 spiro atoms. The van der Waals surface area contributed by atoms with Crippen molar-refractivity contribution in [2.45, 2.75) is 13.5 Å². The number of methoxy groups -OCH3 is 1. The number of nitrogens with one attached hydrogen (secondary N) is 1. The summed E-state index contributed by atoms with van der Waals surface area (Å²) in [5.74, 6) is -1.39. The van der Waals surface area contributed by atoms with E-state index in [0.717, 1.165) is 5.56 Å². The van der Waals surface area contributed by atoms with Crippen molar-refractivity contribution in [1.29, 1.82) is 0 Å². The van der Waals surface area contributed by atoms with Crippen molar-refractivity contribution in [1.82, 2.24) is 0 Å². The molecule has 2 rings (SSSR count). The Morgan fingerprint density at radius 2 is 1.87 bits per heavy atom. The van der Waals surface area contributed by atoms with Crippen LogP contribution in [-0.4, -0.2) is 19.6 Å². The van der Waals surface area contributed by atoms with Gasteiger partial charge in [-0.15, -0.1) is 0 Å². The second kappa shape index (κ2) is 7.04. The highest BCUT2D eigenvalue weighted by atomic mass is 19.3. The van der Waals surface area contributed by atoms with Gasteiger partial charge in [0.15, 0.2) is 11.5 Å². The summed E-state index contributed by atoms with van der Waals surface area (Å²) in [5.41, 5.74) is 0.853. The smallest absolute Gasteiger partial charge is 0.387 e. The summed E-state index contributed by atoms with van der Waals surface area (Å²) in [5, 5.41) is 2.41. The van der Waals surface area contributed by atoms with Gasteiger partial charge in [0, 0.05) is 5.56 Å². The molecule has 0 aliphatic carbocycles. The molecule has 0 heterocycles. The number of alkyl halides is 2.